The molecular weight excluding hydrogens is 286 g/mol. The van der Waals surface area contributed by atoms with E-state index in [1.54, 1.807) is 0 Å². The molecule has 0 atom stereocenters. The molecule has 0 spiro atoms. The van der Waals surface area contributed by atoms with Gasteiger partial charge in [0.15, 0.2) is 16.6 Å². The Morgan fingerprint density at radius 1 is 1.10 bits per heavy atom. The van der Waals surface area contributed by atoms with Gasteiger partial charge in [-0.3, -0.25) is 0 Å². The van der Waals surface area contributed by atoms with Crippen LogP contribution in [0.25, 0.3) is 0 Å². The first-order chi connectivity index (χ1) is 10.2. The normalized spacial score (nSPS) is 12.0. The molecule has 2 aromatic carbocycles. The van der Waals surface area contributed by atoms with Gasteiger partial charge in [0.2, 0.25) is 6.79 Å². The highest BCUT2D eigenvalue weighted by molar-refractivity contribution is 7.80. The number of ether oxygens (including phenoxy) is 2. The molecule has 0 amide bonds. The van der Waals surface area contributed by atoms with Gasteiger partial charge in [-0.25, -0.2) is 0 Å². The molecule has 108 valence electrons. The minimum absolute atomic E-state index is 0.281. The number of nitrogen functional groups attached to an aromatic ring is 1. The van der Waals surface area contributed by atoms with Crippen molar-refractivity contribution in [3.8, 4) is 11.5 Å². The van der Waals surface area contributed by atoms with Gasteiger partial charge in [-0.2, -0.15) is 0 Å². The molecule has 0 bridgehead atoms. The van der Waals surface area contributed by atoms with Crippen molar-refractivity contribution in [2.45, 2.75) is 6.54 Å². The Morgan fingerprint density at radius 3 is 2.67 bits per heavy atom. The van der Waals surface area contributed by atoms with Gasteiger partial charge in [0.25, 0.3) is 0 Å². The van der Waals surface area contributed by atoms with Gasteiger partial charge >= 0.3 is 0 Å². The maximum atomic E-state index is 5.64. The van der Waals surface area contributed by atoms with Crippen molar-refractivity contribution in [3.63, 3.8) is 0 Å². The number of thiocarbonyl (C=S) groups is 1. The van der Waals surface area contributed by atoms with E-state index in [9.17, 15) is 0 Å². The number of hydrogen-bond acceptors (Lipinski definition) is 4. The lowest BCUT2D eigenvalue weighted by molar-refractivity contribution is 0.174. The van der Waals surface area contributed by atoms with E-state index in [0.29, 0.717) is 11.7 Å². The topological polar surface area (TPSA) is 68.5 Å². The molecule has 6 heteroatoms. The Bertz CT molecular complexity index is 658. The smallest absolute Gasteiger partial charge is 0.231 e. The van der Waals surface area contributed by atoms with Gasteiger partial charge in [0.05, 0.1) is 0 Å². The third-order valence-corrected chi connectivity index (χ3v) is 3.31. The van der Waals surface area contributed by atoms with E-state index in [1.807, 2.05) is 42.5 Å². The molecule has 1 aliphatic rings. The molecule has 0 unspecified atom stereocenters. The van der Waals surface area contributed by atoms with Crippen LogP contribution in [0.5, 0.6) is 11.5 Å². The number of fused-ring (bicyclic) bond motifs is 1. The Hall–Kier alpha value is -2.47. The van der Waals surface area contributed by atoms with Crippen LogP contribution in [0.1, 0.15) is 5.56 Å². The predicted octanol–water partition coefficient (Wildman–Crippen LogP) is 2.48. The first kappa shape index (κ1) is 13.5. The highest BCUT2D eigenvalue weighted by Gasteiger charge is 2.13. The first-order valence-corrected chi connectivity index (χ1v) is 6.90. The van der Waals surface area contributed by atoms with E-state index in [4.69, 9.17) is 27.4 Å². The summed E-state index contributed by atoms with van der Waals surface area (Å²) >= 11 is 5.26. The fraction of sp³-hybridized carbons (Fsp3) is 0.133. The van der Waals surface area contributed by atoms with Crippen LogP contribution in [-0.4, -0.2) is 11.9 Å². The maximum Gasteiger partial charge on any atom is 0.231 e. The Balaban J connectivity index is 1.55. The van der Waals surface area contributed by atoms with Crippen molar-refractivity contribution in [2.24, 2.45) is 0 Å². The van der Waals surface area contributed by atoms with Crippen LogP contribution in [0.3, 0.4) is 0 Å². The van der Waals surface area contributed by atoms with Crippen LogP contribution in [-0.2, 0) is 6.54 Å². The zero-order valence-corrected chi connectivity index (χ0v) is 12.1. The zero-order chi connectivity index (χ0) is 14.7. The van der Waals surface area contributed by atoms with Crippen LogP contribution in [0, 0.1) is 0 Å². The Morgan fingerprint density at radius 2 is 1.86 bits per heavy atom. The van der Waals surface area contributed by atoms with E-state index in [0.717, 1.165) is 28.4 Å². The molecule has 1 heterocycles. The molecule has 0 aliphatic carbocycles. The van der Waals surface area contributed by atoms with Crippen LogP contribution in [0.15, 0.2) is 42.5 Å². The lowest BCUT2D eigenvalue weighted by Crippen LogP contribution is -2.27. The van der Waals surface area contributed by atoms with Crippen LogP contribution >= 0.6 is 12.2 Å². The summed E-state index contributed by atoms with van der Waals surface area (Å²) < 4.78 is 10.6. The van der Waals surface area contributed by atoms with Crippen molar-refractivity contribution in [1.29, 1.82) is 0 Å². The maximum absolute atomic E-state index is 5.64. The molecule has 1 aliphatic heterocycles. The van der Waals surface area contributed by atoms with Crippen molar-refractivity contribution >= 4 is 28.7 Å². The average Bonchev–Trinajstić information content (AvgIpc) is 2.95. The van der Waals surface area contributed by atoms with Crippen molar-refractivity contribution < 1.29 is 9.47 Å². The minimum Gasteiger partial charge on any atom is -0.454 e. The number of rotatable bonds is 3. The Kier molecular flexibility index (Phi) is 3.79. The number of anilines is 2. The fourth-order valence-corrected chi connectivity index (χ4v) is 2.17. The predicted molar refractivity (Wildman–Crippen MR) is 86.5 cm³/mol. The fourth-order valence-electron chi connectivity index (χ4n) is 1.97. The second kappa shape index (κ2) is 5.88. The van der Waals surface area contributed by atoms with Crippen molar-refractivity contribution in [3.05, 3.63) is 48.0 Å². The van der Waals surface area contributed by atoms with Crippen molar-refractivity contribution in [2.75, 3.05) is 17.8 Å². The van der Waals surface area contributed by atoms with Gasteiger partial charge in [-0.05, 0) is 54.2 Å². The molecule has 0 fully saturated rings. The summed E-state index contributed by atoms with van der Waals surface area (Å²) in [6.45, 7) is 0.890. The quantitative estimate of drug-likeness (QED) is 0.598. The van der Waals surface area contributed by atoms with Gasteiger partial charge < -0.3 is 25.8 Å². The highest BCUT2D eigenvalue weighted by atomic mass is 32.1. The molecule has 5 nitrogen and oxygen atoms in total. The molecule has 0 aromatic heterocycles. The van der Waals surface area contributed by atoms with Crippen molar-refractivity contribution in [1.82, 2.24) is 5.32 Å². The first-order valence-electron chi connectivity index (χ1n) is 6.49. The third-order valence-electron chi connectivity index (χ3n) is 3.06. The largest absolute Gasteiger partial charge is 0.454 e. The molecule has 21 heavy (non-hydrogen) atoms. The van der Waals surface area contributed by atoms with Gasteiger partial charge in [-0.15, -0.1) is 0 Å². The summed E-state index contributed by atoms with van der Waals surface area (Å²) in [5.74, 6) is 1.55. The lowest BCUT2D eigenvalue weighted by atomic mass is 10.2. The summed E-state index contributed by atoms with van der Waals surface area (Å²) in [5.41, 5.74) is 8.33. The van der Waals surface area contributed by atoms with E-state index in [1.165, 1.54) is 0 Å². The Labute approximate surface area is 128 Å². The summed E-state index contributed by atoms with van der Waals surface area (Å²) in [4.78, 5) is 0. The van der Waals surface area contributed by atoms with Gasteiger partial charge in [0.1, 0.15) is 0 Å². The molecule has 4 N–H and O–H groups in total. The second-order valence-electron chi connectivity index (χ2n) is 4.62. The standard InChI is InChI=1S/C15H15N3O2S/c16-11-2-4-12(5-3-11)18-15(21)17-8-10-1-6-13-14(7-10)20-9-19-13/h1-7H,8-9,16H2,(H2,17,18,21). The van der Waals surface area contributed by atoms with Gasteiger partial charge in [-0.1, -0.05) is 6.07 Å². The number of benzene rings is 2. The lowest BCUT2D eigenvalue weighted by Gasteiger charge is -2.11. The monoisotopic (exact) mass is 301 g/mol. The SMILES string of the molecule is Nc1ccc(NC(=S)NCc2ccc3c(c2)OCO3)cc1. The third kappa shape index (κ3) is 3.35. The van der Waals surface area contributed by atoms with E-state index in [-0.39, 0.29) is 6.79 Å². The summed E-state index contributed by atoms with van der Waals surface area (Å²) in [5, 5.41) is 6.80. The molecule has 0 saturated carbocycles. The van der Waals surface area contributed by atoms with Crippen LogP contribution < -0.4 is 25.8 Å². The molecule has 3 rings (SSSR count). The minimum atomic E-state index is 0.281. The second-order valence-corrected chi connectivity index (χ2v) is 5.03. The molecule has 0 saturated heterocycles. The number of nitrogens with two attached hydrogens (primary N) is 1. The summed E-state index contributed by atoms with van der Waals surface area (Å²) in [7, 11) is 0. The van der Waals surface area contributed by atoms with E-state index >= 15 is 0 Å². The van der Waals surface area contributed by atoms with E-state index in [2.05, 4.69) is 10.6 Å². The molecule has 2 aromatic rings. The zero-order valence-electron chi connectivity index (χ0n) is 11.3. The average molecular weight is 301 g/mol. The number of hydrogen-bond donors (Lipinski definition) is 3. The number of nitrogens with one attached hydrogen (secondary N) is 2. The molecule has 0 radical (unpaired) electrons. The summed E-state index contributed by atoms with van der Waals surface area (Å²) in [6.07, 6.45) is 0. The van der Waals surface area contributed by atoms with Crippen LogP contribution in [0.2, 0.25) is 0 Å². The van der Waals surface area contributed by atoms with Crippen LogP contribution in [0.4, 0.5) is 11.4 Å². The summed E-state index contributed by atoms with van der Waals surface area (Å²) in [6, 6.07) is 13.2. The van der Waals surface area contributed by atoms with Gasteiger partial charge in [0, 0.05) is 17.9 Å². The van der Waals surface area contributed by atoms with E-state index < -0.39 is 0 Å². The molecular formula is C15H15N3O2S. The highest BCUT2D eigenvalue weighted by Crippen LogP contribution is 2.32.